The summed E-state index contributed by atoms with van der Waals surface area (Å²) in [5, 5.41) is 10.4. The molecule has 1 fully saturated rings. The van der Waals surface area contributed by atoms with Crippen LogP contribution in [0.2, 0.25) is 5.02 Å². The van der Waals surface area contributed by atoms with Gasteiger partial charge in [-0.2, -0.15) is 18.4 Å². The van der Waals surface area contributed by atoms with Crippen molar-refractivity contribution in [3.8, 4) is 17.2 Å². The molecule has 0 atom stereocenters. The number of aromatic nitrogens is 2. The van der Waals surface area contributed by atoms with Gasteiger partial charge in [0.1, 0.15) is 12.4 Å². The molecule has 0 saturated carbocycles. The molecule has 0 aliphatic carbocycles. The molecular weight excluding hydrogens is 589 g/mol. The SMILES string of the molecule is N#Cc1ncn2c1N(C(=O)CN1CCN(Cc3ccccc3-c3ccc(Cl)cc3)CC1)CC=C2c1cccc(C(F)(F)F)c1. The van der Waals surface area contributed by atoms with Crippen LogP contribution < -0.4 is 4.90 Å². The number of anilines is 1. The quantitative estimate of drug-likeness (QED) is 0.260. The maximum absolute atomic E-state index is 13.6. The first-order valence-corrected chi connectivity index (χ1v) is 14.5. The van der Waals surface area contributed by atoms with Crippen LogP contribution in [0.5, 0.6) is 0 Å². The lowest BCUT2D eigenvalue weighted by atomic mass is 9.99. The summed E-state index contributed by atoms with van der Waals surface area (Å²) in [6, 6.07) is 23.1. The number of fused-ring (bicyclic) bond motifs is 1. The van der Waals surface area contributed by atoms with Gasteiger partial charge in [0.2, 0.25) is 5.91 Å². The summed E-state index contributed by atoms with van der Waals surface area (Å²) in [5.74, 6) is 0.0639. The first kappa shape index (κ1) is 29.6. The molecule has 6 rings (SSSR count). The number of benzene rings is 3. The molecule has 0 radical (unpaired) electrons. The highest BCUT2D eigenvalue weighted by Crippen LogP contribution is 2.35. The molecule has 0 spiro atoms. The second-order valence-electron chi connectivity index (χ2n) is 10.8. The highest BCUT2D eigenvalue weighted by atomic mass is 35.5. The Morgan fingerprint density at radius 3 is 2.39 bits per heavy atom. The van der Waals surface area contributed by atoms with Crippen molar-refractivity contribution in [3.63, 3.8) is 0 Å². The number of halogens is 4. The van der Waals surface area contributed by atoms with Gasteiger partial charge in [-0.3, -0.25) is 24.1 Å². The van der Waals surface area contributed by atoms with E-state index < -0.39 is 11.7 Å². The number of imidazole rings is 1. The van der Waals surface area contributed by atoms with Crippen molar-refractivity contribution in [3.05, 3.63) is 113 Å². The number of piperazine rings is 1. The summed E-state index contributed by atoms with van der Waals surface area (Å²) in [6.07, 6.45) is -1.42. The minimum absolute atomic E-state index is 0.0418. The summed E-state index contributed by atoms with van der Waals surface area (Å²) in [7, 11) is 0. The minimum atomic E-state index is -4.49. The number of nitrogens with zero attached hydrogens (tertiary/aromatic N) is 6. The molecule has 0 N–H and O–H groups in total. The largest absolute Gasteiger partial charge is 0.416 e. The molecule has 44 heavy (non-hydrogen) atoms. The van der Waals surface area contributed by atoms with Crippen LogP contribution in [0.4, 0.5) is 19.0 Å². The average molecular weight is 617 g/mol. The van der Waals surface area contributed by atoms with Gasteiger partial charge in [0.25, 0.3) is 0 Å². The van der Waals surface area contributed by atoms with Gasteiger partial charge in [-0.1, -0.05) is 60.1 Å². The van der Waals surface area contributed by atoms with Crippen LogP contribution >= 0.6 is 11.6 Å². The van der Waals surface area contributed by atoms with Gasteiger partial charge in [0.05, 0.1) is 17.8 Å². The molecule has 224 valence electrons. The highest BCUT2D eigenvalue weighted by Gasteiger charge is 2.33. The Morgan fingerprint density at radius 1 is 0.932 bits per heavy atom. The van der Waals surface area contributed by atoms with Crippen molar-refractivity contribution in [2.45, 2.75) is 12.7 Å². The lowest BCUT2D eigenvalue weighted by Crippen LogP contribution is -2.50. The van der Waals surface area contributed by atoms with Gasteiger partial charge in [0.15, 0.2) is 11.5 Å². The van der Waals surface area contributed by atoms with Gasteiger partial charge in [-0.25, -0.2) is 4.98 Å². The van der Waals surface area contributed by atoms with Crippen LogP contribution in [0.1, 0.15) is 22.4 Å². The fourth-order valence-electron chi connectivity index (χ4n) is 5.74. The Labute approximate surface area is 258 Å². The first-order valence-electron chi connectivity index (χ1n) is 14.2. The summed E-state index contributed by atoms with van der Waals surface area (Å²) in [5.41, 5.74) is 3.52. The number of rotatable bonds is 6. The second-order valence-corrected chi connectivity index (χ2v) is 11.2. The van der Waals surface area contributed by atoms with E-state index >= 15 is 0 Å². The number of hydrogen-bond donors (Lipinski definition) is 0. The van der Waals surface area contributed by atoms with Crippen LogP contribution in [0.15, 0.2) is 85.2 Å². The lowest BCUT2D eigenvalue weighted by Gasteiger charge is -2.36. The van der Waals surface area contributed by atoms with Crippen LogP contribution in [0.25, 0.3) is 16.8 Å². The zero-order valence-corrected chi connectivity index (χ0v) is 24.4. The number of carbonyl (C=O) groups is 1. The number of alkyl halides is 3. The Morgan fingerprint density at radius 2 is 1.66 bits per heavy atom. The molecule has 0 bridgehead atoms. The fraction of sp³-hybridized carbons (Fsp3) is 0.242. The van der Waals surface area contributed by atoms with E-state index in [1.54, 1.807) is 12.1 Å². The van der Waals surface area contributed by atoms with Gasteiger partial charge >= 0.3 is 6.18 Å². The number of nitriles is 1. The molecule has 3 aromatic carbocycles. The Hall–Kier alpha value is -4.43. The fourth-order valence-corrected chi connectivity index (χ4v) is 5.87. The van der Waals surface area contributed by atoms with Crippen molar-refractivity contribution >= 4 is 29.0 Å². The molecule has 7 nitrogen and oxygen atoms in total. The molecule has 2 aliphatic rings. The lowest BCUT2D eigenvalue weighted by molar-refractivity contribution is -0.137. The topological polar surface area (TPSA) is 68.4 Å². The van der Waals surface area contributed by atoms with Crippen molar-refractivity contribution in [1.82, 2.24) is 19.4 Å². The van der Waals surface area contributed by atoms with Crippen LogP contribution in [0, 0.1) is 11.3 Å². The predicted molar refractivity (Wildman–Crippen MR) is 163 cm³/mol. The molecule has 2 aliphatic heterocycles. The number of amides is 1. The third kappa shape index (κ3) is 6.13. The zero-order valence-electron chi connectivity index (χ0n) is 23.6. The van der Waals surface area contributed by atoms with E-state index in [1.807, 2.05) is 42.5 Å². The summed E-state index contributed by atoms with van der Waals surface area (Å²) in [4.78, 5) is 23.6. The minimum Gasteiger partial charge on any atom is -0.297 e. The third-order valence-corrected chi connectivity index (χ3v) is 8.26. The second kappa shape index (κ2) is 12.3. The first-order chi connectivity index (χ1) is 21.2. The summed E-state index contributed by atoms with van der Waals surface area (Å²) >= 11 is 6.08. The standard InChI is InChI=1S/C33H28ClF3N6O/c34-27-10-8-23(9-11-27)28-7-2-1-4-25(28)20-40-14-16-41(17-15-40)21-31(44)42-13-12-30(43-22-39-29(19-38)32(42)43)24-5-3-6-26(18-24)33(35,36)37/h1-12,18,22H,13-17,20-21H2. The Kier molecular flexibility index (Phi) is 8.27. The van der Waals surface area contributed by atoms with Crippen molar-refractivity contribution < 1.29 is 18.0 Å². The number of hydrogen-bond acceptors (Lipinski definition) is 5. The van der Waals surface area contributed by atoms with Gasteiger partial charge in [-0.15, -0.1) is 0 Å². The zero-order chi connectivity index (χ0) is 30.8. The Balaban J connectivity index is 1.12. The molecule has 11 heteroatoms. The molecule has 4 aromatic rings. The van der Waals surface area contributed by atoms with Gasteiger partial charge in [0, 0.05) is 44.3 Å². The molecule has 1 saturated heterocycles. The number of carbonyl (C=O) groups excluding carboxylic acids is 1. The van der Waals surface area contributed by atoms with Crippen LogP contribution in [-0.4, -0.2) is 64.5 Å². The van der Waals surface area contributed by atoms with E-state index in [0.29, 0.717) is 29.4 Å². The molecular formula is C33H28ClF3N6O. The van der Waals surface area contributed by atoms with Crippen molar-refractivity contribution in [2.75, 3.05) is 44.2 Å². The van der Waals surface area contributed by atoms with E-state index in [-0.39, 0.29) is 30.5 Å². The van der Waals surface area contributed by atoms with Crippen molar-refractivity contribution in [2.24, 2.45) is 0 Å². The van der Waals surface area contributed by atoms with E-state index in [0.717, 1.165) is 42.9 Å². The summed E-state index contributed by atoms with van der Waals surface area (Å²) < 4.78 is 41.6. The molecule has 1 amide bonds. The predicted octanol–water partition coefficient (Wildman–Crippen LogP) is 6.15. The van der Waals surface area contributed by atoms with Gasteiger partial charge in [-0.05, 0) is 52.6 Å². The van der Waals surface area contributed by atoms with Crippen LogP contribution in [0.3, 0.4) is 0 Å². The van der Waals surface area contributed by atoms with Crippen molar-refractivity contribution in [1.29, 1.82) is 5.26 Å². The molecule has 3 heterocycles. The Bertz CT molecular complexity index is 1750. The average Bonchev–Trinajstić information content (AvgIpc) is 3.46. The maximum atomic E-state index is 13.6. The normalized spacial score (nSPS) is 15.9. The van der Waals surface area contributed by atoms with E-state index in [4.69, 9.17) is 11.6 Å². The highest BCUT2D eigenvalue weighted by molar-refractivity contribution is 6.30. The molecule has 0 unspecified atom stereocenters. The van der Waals surface area contributed by atoms with Crippen LogP contribution in [-0.2, 0) is 17.5 Å². The summed E-state index contributed by atoms with van der Waals surface area (Å²) in [6.45, 7) is 3.99. The maximum Gasteiger partial charge on any atom is 0.416 e. The van der Waals surface area contributed by atoms with Gasteiger partial charge < -0.3 is 0 Å². The van der Waals surface area contributed by atoms with E-state index in [1.165, 1.54) is 27.4 Å². The monoisotopic (exact) mass is 616 g/mol. The molecule has 1 aromatic heterocycles. The van der Waals surface area contributed by atoms with E-state index in [9.17, 15) is 23.2 Å². The smallest absolute Gasteiger partial charge is 0.297 e. The van der Waals surface area contributed by atoms with E-state index in [2.05, 4.69) is 26.9 Å². The third-order valence-electron chi connectivity index (χ3n) is 8.01.